The van der Waals surface area contributed by atoms with E-state index >= 15 is 0 Å². The lowest BCUT2D eigenvalue weighted by Crippen LogP contribution is -2.24. The number of methoxy groups -OCH3 is 2. The monoisotopic (exact) mass is 442 g/mol. The Bertz CT molecular complexity index is 1180. The van der Waals surface area contributed by atoms with Crippen LogP contribution in [-0.4, -0.2) is 40.3 Å². The molecule has 0 aliphatic carbocycles. The van der Waals surface area contributed by atoms with Gasteiger partial charge in [-0.1, -0.05) is 11.8 Å². The van der Waals surface area contributed by atoms with Crippen LogP contribution in [-0.2, 0) is 4.74 Å². The van der Waals surface area contributed by atoms with Crippen molar-refractivity contribution in [1.82, 2.24) is 0 Å². The first kappa shape index (κ1) is 23.5. The molecule has 0 fully saturated rings. The minimum Gasteiger partial charge on any atom is -0.496 e. The maximum atomic E-state index is 11.8. The summed E-state index contributed by atoms with van der Waals surface area (Å²) in [4.78, 5) is 13.9. The van der Waals surface area contributed by atoms with E-state index in [9.17, 15) is 4.79 Å². The minimum atomic E-state index is -0.453. The van der Waals surface area contributed by atoms with Gasteiger partial charge >= 0.3 is 5.97 Å². The Morgan fingerprint density at radius 2 is 1.48 bits per heavy atom. The summed E-state index contributed by atoms with van der Waals surface area (Å²) >= 11 is 0. The van der Waals surface area contributed by atoms with E-state index in [0.29, 0.717) is 17.9 Å². The van der Waals surface area contributed by atoms with Crippen molar-refractivity contribution in [3.8, 4) is 17.6 Å². The van der Waals surface area contributed by atoms with Crippen molar-refractivity contribution in [1.29, 1.82) is 0 Å². The van der Waals surface area contributed by atoms with Crippen LogP contribution in [0.5, 0.6) is 5.75 Å². The number of likely N-dealkylation sites (N-methyl/N-ethyl adjacent to an activating group) is 1. The van der Waals surface area contributed by atoms with Crippen molar-refractivity contribution in [2.24, 2.45) is 16.0 Å². The Morgan fingerprint density at radius 1 is 0.909 bits per heavy atom. The van der Waals surface area contributed by atoms with Crippen LogP contribution in [0.15, 0.2) is 77.0 Å². The molecule has 3 aromatic carbocycles. The third kappa shape index (κ3) is 6.42. The SMILES string of the molecule is COC(=O)c1ccc(C#Cc2ccc(N=Nc3ccc(N(C)CCN)cc3)cc2)cc1OC. The number of rotatable bonds is 7. The van der Waals surface area contributed by atoms with Crippen LogP contribution in [0.25, 0.3) is 0 Å². The Morgan fingerprint density at radius 3 is 2.06 bits per heavy atom. The van der Waals surface area contributed by atoms with Crippen LogP contribution in [0, 0.1) is 11.8 Å². The summed E-state index contributed by atoms with van der Waals surface area (Å²) in [6.07, 6.45) is 0. The molecule has 0 bridgehead atoms. The van der Waals surface area contributed by atoms with E-state index in [4.69, 9.17) is 15.2 Å². The highest BCUT2D eigenvalue weighted by molar-refractivity contribution is 5.92. The van der Waals surface area contributed by atoms with E-state index in [2.05, 4.69) is 27.0 Å². The van der Waals surface area contributed by atoms with Crippen molar-refractivity contribution in [3.05, 3.63) is 83.4 Å². The molecule has 0 aliphatic rings. The van der Waals surface area contributed by atoms with E-state index in [1.54, 1.807) is 18.2 Å². The van der Waals surface area contributed by atoms with Crippen molar-refractivity contribution in [2.45, 2.75) is 0 Å². The van der Waals surface area contributed by atoms with Gasteiger partial charge in [0.25, 0.3) is 0 Å². The van der Waals surface area contributed by atoms with Crippen LogP contribution >= 0.6 is 0 Å². The number of ether oxygens (including phenoxy) is 2. The molecule has 0 atom stereocenters. The highest BCUT2D eigenvalue weighted by Crippen LogP contribution is 2.23. The van der Waals surface area contributed by atoms with Gasteiger partial charge in [-0.2, -0.15) is 10.2 Å². The molecule has 0 saturated carbocycles. The molecule has 0 heterocycles. The first-order chi connectivity index (χ1) is 16.0. The Balaban J connectivity index is 1.67. The maximum Gasteiger partial charge on any atom is 0.341 e. The largest absolute Gasteiger partial charge is 0.496 e. The molecule has 7 heteroatoms. The zero-order valence-corrected chi connectivity index (χ0v) is 18.9. The molecule has 0 saturated heterocycles. The third-order valence-electron chi connectivity index (χ3n) is 4.86. The standard InChI is InChI=1S/C26H26N4O3/c1-30(17-16-27)23-13-11-22(12-14-23)29-28-21-9-6-19(7-10-21)4-5-20-8-15-24(26(31)33-3)25(18-20)32-2/h6-15,18H,16-17,27H2,1-3H3. The van der Waals surface area contributed by atoms with Gasteiger partial charge in [0.1, 0.15) is 11.3 Å². The Hall–Kier alpha value is -4.15. The van der Waals surface area contributed by atoms with Crippen LogP contribution in [0.1, 0.15) is 21.5 Å². The molecule has 0 amide bonds. The summed E-state index contributed by atoms with van der Waals surface area (Å²) in [6.45, 7) is 1.40. The highest BCUT2D eigenvalue weighted by Gasteiger charge is 2.12. The number of benzene rings is 3. The normalized spacial score (nSPS) is 10.4. The number of nitrogens with zero attached hydrogens (tertiary/aromatic N) is 3. The second-order valence-electron chi connectivity index (χ2n) is 7.13. The van der Waals surface area contributed by atoms with Gasteiger partial charge in [-0.3, -0.25) is 0 Å². The van der Waals surface area contributed by atoms with E-state index in [1.165, 1.54) is 14.2 Å². The molecule has 0 radical (unpaired) electrons. The van der Waals surface area contributed by atoms with Gasteiger partial charge in [0, 0.05) is 37.0 Å². The zero-order chi connectivity index (χ0) is 23.6. The van der Waals surface area contributed by atoms with Gasteiger partial charge < -0.3 is 20.1 Å². The zero-order valence-electron chi connectivity index (χ0n) is 18.9. The van der Waals surface area contributed by atoms with E-state index in [1.807, 2.05) is 55.6 Å². The Labute approximate surface area is 193 Å². The fourth-order valence-electron chi connectivity index (χ4n) is 3.02. The maximum absolute atomic E-state index is 11.8. The van der Waals surface area contributed by atoms with Crippen molar-refractivity contribution in [2.75, 3.05) is 39.3 Å². The number of hydrogen-bond acceptors (Lipinski definition) is 7. The van der Waals surface area contributed by atoms with Crippen LogP contribution in [0.3, 0.4) is 0 Å². The number of azo groups is 1. The van der Waals surface area contributed by atoms with E-state index in [0.717, 1.165) is 34.7 Å². The summed E-state index contributed by atoms with van der Waals surface area (Å²) in [5.74, 6) is 6.14. The molecule has 2 N–H and O–H groups in total. The topological polar surface area (TPSA) is 89.5 Å². The average molecular weight is 443 g/mol. The van der Waals surface area contributed by atoms with Gasteiger partial charge in [0.15, 0.2) is 0 Å². The predicted octanol–water partition coefficient (Wildman–Crippen LogP) is 4.69. The van der Waals surface area contributed by atoms with Gasteiger partial charge in [-0.25, -0.2) is 4.79 Å². The first-order valence-electron chi connectivity index (χ1n) is 10.4. The van der Waals surface area contributed by atoms with E-state index in [-0.39, 0.29) is 0 Å². The van der Waals surface area contributed by atoms with Crippen molar-refractivity contribution >= 4 is 23.0 Å². The molecule has 0 spiro atoms. The smallest absolute Gasteiger partial charge is 0.341 e. The molecular weight excluding hydrogens is 416 g/mol. The number of nitrogens with two attached hydrogens (primary N) is 1. The summed E-state index contributed by atoms with van der Waals surface area (Å²) in [5.41, 5.74) is 10.1. The lowest BCUT2D eigenvalue weighted by Gasteiger charge is -2.17. The predicted molar refractivity (Wildman–Crippen MR) is 130 cm³/mol. The number of carbonyl (C=O) groups is 1. The number of hydrogen-bond donors (Lipinski definition) is 1. The summed E-state index contributed by atoms with van der Waals surface area (Å²) in [5, 5.41) is 8.58. The second-order valence-corrected chi connectivity index (χ2v) is 7.13. The van der Waals surface area contributed by atoms with E-state index < -0.39 is 5.97 Å². The number of esters is 1. The third-order valence-corrected chi connectivity index (χ3v) is 4.86. The summed E-state index contributed by atoms with van der Waals surface area (Å²) in [7, 11) is 4.83. The molecule has 0 aromatic heterocycles. The molecule has 168 valence electrons. The minimum absolute atomic E-state index is 0.359. The molecule has 33 heavy (non-hydrogen) atoms. The second kappa shape index (κ2) is 11.5. The molecule has 0 unspecified atom stereocenters. The average Bonchev–Trinajstić information content (AvgIpc) is 2.86. The quantitative estimate of drug-likeness (QED) is 0.326. The Kier molecular flexibility index (Phi) is 8.17. The summed E-state index contributed by atoms with van der Waals surface area (Å²) < 4.78 is 10.0. The number of carbonyl (C=O) groups excluding carboxylic acids is 1. The first-order valence-corrected chi connectivity index (χ1v) is 10.4. The molecular formula is C26H26N4O3. The fraction of sp³-hybridized carbons (Fsp3) is 0.192. The number of anilines is 1. The van der Waals surface area contributed by atoms with Gasteiger partial charge in [0.05, 0.1) is 25.6 Å². The lowest BCUT2D eigenvalue weighted by molar-refractivity contribution is 0.0597. The van der Waals surface area contributed by atoms with Crippen LogP contribution in [0.2, 0.25) is 0 Å². The van der Waals surface area contributed by atoms with Crippen molar-refractivity contribution < 1.29 is 14.3 Å². The lowest BCUT2D eigenvalue weighted by atomic mass is 10.1. The van der Waals surface area contributed by atoms with Crippen LogP contribution < -0.4 is 15.4 Å². The molecule has 0 aliphatic heterocycles. The molecule has 3 rings (SSSR count). The summed E-state index contributed by atoms with van der Waals surface area (Å²) in [6, 6.07) is 20.4. The molecule has 7 nitrogen and oxygen atoms in total. The van der Waals surface area contributed by atoms with Gasteiger partial charge in [-0.15, -0.1) is 0 Å². The van der Waals surface area contributed by atoms with Crippen LogP contribution in [0.4, 0.5) is 17.1 Å². The molecule has 3 aromatic rings. The van der Waals surface area contributed by atoms with Crippen molar-refractivity contribution in [3.63, 3.8) is 0 Å². The van der Waals surface area contributed by atoms with Gasteiger partial charge in [0.2, 0.25) is 0 Å². The highest BCUT2D eigenvalue weighted by atomic mass is 16.5. The van der Waals surface area contributed by atoms with Gasteiger partial charge in [-0.05, 0) is 66.7 Å². The fourth-order valence-corrected chi connectivity index (χ4v) is 3.02.